The van der Waals surface area contributed by atoms with Crippen LogP contribution < -0.4 is 5.73 Å². The van der Waals surface area contributed by atoms with Gasteiger partial charge in [-0.05, 0) is 24.6 Å². The molecule has 0 saturated carbocycles. The van der Waals surface area contributed by atoms with Gasteiger partial charge in [0.15, 0.2) is 11.5 Å². The second-order valence-corrected chi connectivity index (χ2v) is 4.39. The summed E-state index contributed by atoms with van der Waals surface area (Å²) in [6, 6.07) is 7.35. The Labute approximate surface area is 116 Å². The number of ether oxygens (including phenoxy) is 1. The van der Waals surface area contributed by atoms with Gasteiger partial charge in [0.25, 0.3) is 0 Å². The Morgan fingerprint density at radius 3 is 2.74 bits per heavy atom. The summed E-state index contributed by atoms with van der Waals surface area (Å²) in [5.74, 6) is -0.293. The molecule has 0 aliphatic heterocycles. The van der Waals surface area contributed by atoms with Crippen LogP contribution in [0.2, 0.25) is 5.02 Å². The monoisotopic (exact) mass is 279 g/mol. The SMILES string of the molecule is CCOC(=O)c1c(N)ncn1Cc1ccc(Cl)cc1. The molecular formula is C13H14ClN3O2. The summed E-state index contributed by atoms with van der Waals surface area (Å²) >= 11 is 5.83. The molecule has 1 aromatic heterocycles. The fourth-order valence-corrected chi connectivity index (χ4v) is 1.85. The molecule has 0 amide bonds. The number of benzene rings is 1. The van der Waals surface area contributed by atoms with Crippen molar-refractivity contribution < 1.29 is 9.53 Å². The van der Waals surface area contributed by atoms with Crippen molar-refractivity contribution in [3.05, 3.63) is 46.9 Å². The normalized spacial score (nSPS) is 10.4. The molecule has 19 heavy (non-hydrogen) atoms. The number of nitrogens with zero attached hydrogens (tertiary/aromatic N) is 2. The number of nitrogen functional groups attached to an aromatic ring is 1. The highest BCUT2D eigenvalue weighted by atomic mass is 35.5. The van der Waals surface area contributed by atoms with Gasteiger partial charge in [0.1, 0.15) is 0 Å². The highest BCUT2D eigenvalue weighted by molar-refractivity contribution is 6.30. The predicted molar refractivity (Wildman–Crippen MR) is 73.1 cm³/mol. The third-order valence-corrected chi connectivity index (χ3v) is 2.85. The summed E-state index contributed by atoms with van der Waals surface area (Å²) in [6.45, 7) is 2.52. The summed E-state index contributed by atoms with van der Waals surface area (Å²) in [5.41, 5.74) is 6.96. The van der Waals surface area contributed by atoms with Gasteiger partial charge in [-0.15, -0.1) is 0 Å². The molecule has 0 aliphatic carbocycles. The van der Waals surface area contributed by atoms with Crippen LogP contribution in [0.4, 0.5) is 5.82 Å². The molecule has 5 nitrogen and oxygen atoms in total. The van der Waals surface area contributed by atoms with Crippen molar-refractivity contribution >= 4 is 23.4 Å². The maximum absolute atomic E-state index is 11.8. The van der Waals surface area contributed by atoms with Gasteiger partial charge in [-0.25, -0.2) is 9.78 Å². The van der Waals surface area contributed by atoms with Gasteiger partial charge in [0.05, 0.1) is 12.9 Å². The fourth-order valence-electron chi connectivity index (χ4n) is 1.73. The number of halogens is 1. The van der Waals surface area contributed by atoms with Gasteiger partial charge in [-0.3, -0.25) is 0 Å². The molecule has 2 N–H and O–H groups in total. The number of carbonyl (C=O) groups excluding carboxylic acids is 1. The average molecular weight is 280 g/mol. The Morgan fingerprint density at radius 1 is 1.42 bits per heavy atom. The minimum absolute atomic E-state index is 0.174. The van der Waals surface area contributed by atoms with Crippen molar-refractivity contribution in [3.63, 3.8) is 0 Å². The summed E-state index contributed by atoms with van der Waals surface area (Å²) < 4.78 is 6.63. The Bertz CT molecular complexity index is 578. The van der Waals surface area contributed by atoms with Gasteiger partial charge >= 0.3 is 5.97 Å². The highest BCUT2D eigenvalue weighted by Crippen LogP contribution is 2.15. The summed E-state index contributed by atoms with van der Waals surface area (Å²) in [4.78, 5) is 15.8. The molecule has 2 rings (SSSR count). The van der Waals surface area contributed by atoms with Crippen molar-refractivity contribution in [2.45, 2.75) is 13.5 Å². The van der Waals surface area contributed by atoms with Crippen LogP contribution in [-0.4, -0.2) is 22.1 Å². The van der Waals surface area contributed by atoms with Crippen LogP contribution in [0.25, 0.3) is 0 Å². The van der Waals surface area contributed by atoms with Crippen LogP contribution in [0.15, 0.2) is 30.6 Å². The van der Waals surface area contributed by atoms with E-state index in [-0.39, 0.29) is 11.5 Å². The Hall–Kier alpha value is -2.01. The van der Waals surface area contributed by atoms with Crippen molar-refractivity contribution in [1.82, 2.24) is 9.55 Å². The van der Waals surface area contributed by atoms with E-state index >= 15 is 0 Å². The van der Waals surface area contributed by atoms with Crippen LogP contribution in [0.3, 0.4) is 0 Å². The van der Waals surface area contributed by atoms with E-state index < -0.39 is 5.97 Å². The van der Waals surface area contributed by atoms with E-state index in [0.717, 1.165) is 5.56 Å². The van der Waals surface area contributed by atoms with Crippen LogP contribution in [-0.2, 0) is 11.3 Å². The maximum Gasteiger partial charge on any atom is 0.358 e. The summed E-state index contributed by atoms with van der Waals surface area (Å²) in [5, 5.41) is 0.666. The van der Waals surface area contributed by atoms with Crippen molar-refractivity contribution in [2.75, 3.05) is 12.3 Å². The van der Waals surface area contributed by atoms with Crippen molar-refractivity contribution in [1.29, 1.82) is 0 Å². The van der Waals surface area contributed by atoms with Crippen molar-refractivity contribution in [2.24, 2.45) is 0 Å². The quantitative estimate of drug-likeness (QED) is 0.872. The second-order valence-electron chi connectivity index (χ2n) is 3.95. The number of nitrogens with two attached hydrogens (primary N) is 1. The van der Waals surface area contributed by atoms with Gasteiger partial charge in [0.2, 0.25) is 0 Å². The maximum atomic E-state index is 11.8. The smallest absolute Gasteiger partial charge is 0.358 e. The number of hydrogen-bond donors (Lipinski definition) is 1. The highest BCUT2D eigenvalue weighted by Gasteiger charge is 2.18. The van der Waals surface area contributed by atoms with Gasteiger partial charge in [-0.1, -0.05) is 23.7 Å². The molecule has 2 aromatic rings. The van der Waals surface area contributed by atoms with E-state index in [2.05, 4.69) is 4.98 Å². The predicted octanol–water partition coefficient (Wildman–Crippen LogP) is 2.34. The number of aromatic nitrogens is 2. The molecule has 0 bridgehead atoms. The first-order valence-corrected chi connectivity index (χ1v) is 6.21. The Balaban J connectivity index is 2.25. The van der Waals surface area contributed by atoms with E-state index in [0.29, 0.717) is 18.2 Å². The molecule has 1 aromatic carbocycles. The Morgan fingerprint density at radius 2 is 2.11 bits per heavy atom. The number of rotatable bonds is 4. The van der Waals surface area contributed by atoms with Gasteiger partial charge in [0, 0.05) is 11.6 Å². The lowest BCUT2D eigenvalue weighted by Crippen LogP contribution is -2.14. The average Bonchev–Trinajstić information content (AvgIpc) is 2.74. The molecule has 0 aliphatic rings. The van der Waals surface area contributed by atoms with Crippen molar-refractivity contribution in [3.8, 4) is 0 Å². The zero-order chi connectivity index (χ0) is 13.8. The molecule has 100 valence electrons. The topological polar surface area (TPSA) is 70.1 Å². The lowest BCUT2D eigenvalue weighted by atomic mass is 10.2. The molecule has 0 atom stereocenters. The largest absolute Gasteiger partial charge is 0.461 e. The second kappa shape index (κ2) is 5.75. The molecule has 0 spiro atoms. The third kappa shape index (κ3) is 3.06. The molecular weight excluding hydrogens is 266 g/mol. The van der Waals surface area contributed by atoms with Gasteiger partial charge in [-0.2, -0.15) is 0 Å². The molecule has 0 saturated heterocycles. The number of carbonyl (C=O) groups is 1. The molecule has 0 radical (unpaired) electrons. The zero-order valence-corrected chi connectivity index (χ0v) is 11.2. The zero-order valence-electron chi connectivity index (χ0n) is 10.5. The summed E-state index contributed by atoms with van der Waals surface area (Å²) in [7, 11) is 0. The number of hydrogen-bond acceptors (Lipinski definition) is 4. The minimum Gasteiger partial charge on any atom is -0.461 e. The molecule has 6 heteroatoms. The first kappa shape index (κ1) is 13.4. The van der Waals surface area contributed by atoms with Crippen LogP contribution in [0.1, 0.15) is 23.0 Å². The lowest BCUT2D eigenvalue weighted by molar-refractivity contribution is 0.0516. The summed E-state index contributed by atoms with van der Waals surface area (Å²) in [6.07, 6.45) is 1.52. The number of esters is 1. The first-order valence-electron chi connectivity index (χ1n) is 5.84. The van der Waals surface area contributed by atoms with E-state index in [1.807, 2.05) is 12.1 Å². The van der Waals surface area contributed by atoms with E-state index in [9.17, 15) is 4.79 Å². The fraction of sp³-hybridized carbons (Fsp3) is 0.231. The third-order valence-electron chi connectivity index (χ3n) is 2.60. The van der Waals surface area contributed by atoms with E-state index in [1.54, 1.807) is 23.6 Å². The molecule has 1 heterocycles. The van der Waals surface area contributed by atoms with Gasteiger partial charge < -0.3 is 15.0 Å². The number of imidazole rings is 1. The Kier molecular flexibility index (Phi) is 4.06. The molecule has 0 fully saturated rings. The van der Waals surface area contributed by atoms with Crippen LogP contribution in [0, 0.1) is 0 Å². The molecule has 0 unspecified atom stereocenters. The number of anilines is 1. The van der Waals surface area contributed by atoms with Crippen LogP contribution in [0.5, 0.6) is 0 Å². The standard InChI is InChI=1S/C13H14ClN3O2/c1-2-19-13(18)11-12(15)16-8-17(11)7-9-3-5-10(14)6-4-9/h3-6,8H,2,7,15H2,1H3. The first-order chi connectivity index (χ1) is 9.11. The lowest BCUT2D eigenvalue weighted by Gasteiger charge is -2.08. The van der Waals surface area contributed by atoms with E-state index in [4.69, 9.17) is 22.1 Å². The minimum atomic E-state index is -0.466. The van der Waals surface area contributed by atoms with Crippen LogP contribution >= 0.6 is 11.6 Å². The van der Waals surface area contributed by atoms with E-state index in [1.165, 1.54) is 6.33 Å².